The van der Waals surface area contributed by atoms with E-state index in [1.165, 1.54) is 24.3 Å². The second-order valence-corrected chi connectivity index (χ2v) is 8.29. The molecule has 2 aromatic rings. The molecule has 37 heavy (non-hydrogen) atoms. The van der Waals surface area contributed by atoms with E-state index in [4.69, 9.17) is 9.52 Å². The van der Waals surface area contributed by atoms with E-state index >= 15 is 0 Å². The summed E-state index contributed by atoms with van der Waals surface area (Å²) in [4.78, 5) is 46.1. The maximum absolute atomic E-state index is 12.2. The van der Waals surface area contributed by atoms with Gasteiger partial charge in [0.25, 0.3) is 0 Å². The number of nitrogens with one attached hydrogen (secondary N) is 1. The van der Waals surface area contributed by atoms with Crippen LogP contribution in [0, 0.1) is 6.92 Å². The number of azo groups is 1. The summed E-state index contributed by atoms with van der Waals surface area (Å²) in [5.74, 6) is -2.26. The number of nitrogens with zero attached hydrogens (tertiary/aromatic N) is 2. The summed E-state index contributed by atoms with van der Waals surface area (Å²) < 4.78 is 5.87. The van der Waals surface area contributed by atoms with Gasteiger partial charge in [0.05, 0.1) is 5.69 Å². The topological polar surface area (TPSA) is 179 Å². The van der Waals surface area contributed by atoms with Crippen LogP contribution in [0.1, 0.15) is 18.4 Å². The van der Waals surface area contributed by atoms with Crippen LogP contribution in [0.3, 0.4) is 0 Å². The number of carboxylic acid groups (broad SMARTS) is 2. The number of rotatable bonds is 7. The van der Waals surface area contributed by atoms with Gasteiger partial charge in [-0.25, -0.2) is 9.59 Å². The zero-order chi connectivity index (χ0) is 26.7. The van der Waals surface area contributed by atoms with Crippen molar-refractivity contribution in [2.75, 3.05) is 0 Å². The lowest BCUT2D eigenvalue weighted by molar-refractivity contribution is -0.140. The molecule has 0 saturated carbocycles. The maximum atomic E-state index is 12.2. The Bertz CT molecular complexity index is 1590. The molecule has 0 aromatic heterocycles. The normalized spacial score (nSPS) is 12.1. The zero-order valence-electron chi connectivity index (χ0n) is 19.5. The van der Waals surface area contributed by atoms with Crippen LogP contribution in [-0.4, -0.2) is 39.3 Å². The average molecular weight is 503 g/mol. The molecule has 4 N–H and O–H groups in total. The quantitative estimate of drug-likeness (QED) is 0.207. The lowest BCUT2D eigenvalue weighted by Gasteiger charge is -2.17. The number of benzene rings is 3. The molecule has 0 bridgehead atoms. The highest BCUT2D eigenvalue weighted by Gasteiger charge is 2.21. The molecule has 1 atom stereocenters. The lowest BCUT2D eigenvalue weighted by atomic mass is 9.91. The van der Waals surface area contributed by atoms with Crippen molar-refractivity contribution >= 4 is 34.6 Å². The number of hydrogen-bond acceptors (Lipinski definition) is 7. The molecule has 2 aromatic carbocycles. The van der Waals surface area contributed by atoms with Crippen LogP contribution in [-0.2, 0) is 9.59 Å². The summed E-state index contributed by atoms with van der Waals surface area (Å²) in [6, 6.07) is 11.7. The molecule has 0 saturated heterocycles. The molecule has 1 aliphatic carbocycles. The fourth-order valence-electron chi connectivity index (χ4n) is 3.90. The first kappa shape index (κ1) is 25.0. The number of carbonyl (C=O) groups is 3. The molecular weight excluding hydrogens is 482 g/mol. The maximum Gasteiger partial charge on any atom is 0.360 e. The van der Waals surface area contributed by atoms with Crippen molar-refractivity contribution in [1.82, 2.24) is 5.32 Å². The Morgan fingerprint density at radius 2 is 1.78 bits per heavy atom. The zero-order valence-corrected chi connectivity index (χ0v) is 19.5. The number of phenols is 1. The van der Waals surface area contributed by atoms with E-state index in [1.807, 2.05) is 6.92 Å². The van der Waals surface area contributed by atoms with Gasteiger partial charge in [0.1, 0.15) is 23.1 Å². The van der Waals surface area contributed by atoms with E-state index in [-0.39, 0.29) is 23.3 Å². The SMILES string of the molecule is Cc1ccc(/N=N/C(=O)N[C@@H](CCC(=O)O)C(=O)O)cc1-c1c2ccc(=O)cc-2oc2cc(O)ccc12. The van der Waals surface area contributed by atoms with Crippen LogP contribution in [0.5, 0.6) is 5.75 Å². The van der Waals surface area contributed by atoms with Gasteiger partial charge in [0.2, 0.25) is 0 Å². The van der Waals surface area contributed by atoms with Gasteiger partial charge in [-0.05, 0) is 60.9 Å². The molecule has 0 radical (unpaired) electrons. The highest BCUT2D eigenvalue weighted by molar-refractivity contribution is 6.03. The van der Waals surface area contributed by atoms with Crippen molar-refractivity contribution in [3.05, 3.63) is 70.4 Å². The van der Waals surface area contributed by atoms with Gasteiger partial charge < -0.3 is 25.1 Å². The largest absolute Gasteiger partial charge is 0.508 e. The molecule has 1 aliphatic heterocycles. The Morgan fingerprint density at radius 3 is 2.51 bits per heavy atom. The number of fused-ring (bicyclic) bond motifs is 2. The third-order valence-corrected chi connectivity index (χ3v) is 5.67. The van der Waals surface area contributed by atoms with Crippen LogP contribution in [0.25, 0.3) is 33.4 Å². The van der Waals surface area contributed by atoms with E-state index in [9.17, 15) is 29.4 Å². The van der Waals surface area contributed by atoms with Crippen molar-refractivity contribution in [2.45, 2.75) is 25.8 Å². The number of aliphatic carboxylic acids is 2. The fourth-order valence-corrected chi connectivity index (χ4v) is 3.90. The van der Waals surface area contributed by atoms with Crippen molar-refractivity contribution in [3.8, 4) is 28.2 Å². The minimum absolute atomic E-state index is 0.00636. The first-order valence-electron chi connectivity index (χ1n) is 11.1. The second kappa shape index (κ2) is 10.3. The molecule has 0 spiro atoms. The van der Waals surface area contributed by atoms with Crippen molar-refractivity contribution in [2.24, 2.45) is 10.2 Å². The van der Waals surface area contributed by atoms with Gasteiger partial charge >= 0.3 is 18.0 Å². The van der Waals surface area contributed by atoms with Gasteiger partial charge in [-0.1, -0.05) is 11.2 Å². The van der Waals surface area contributed by atoms with Crippen LogP contribution in [0.4, 0.5) is 10.5 Å². The lowest BCUT2D eigenvalue weighted by Crippen LogP contribution is -2.39. The van der Waals surface area contributed by atoms with Crippen molar-refractivity contribution in [1.29, 1.82) is 0 Å². The number of aromatic hydroxyl groups is 1. The minimum Gasteiger partial charge on any atom is -0.508 e. The predicted molar refractivity (Wildman–Crippen MR) is 132 cm³/mol. The first-order chi connectivity index (χ1) is 17.6. The Morgan fingerprint density at radius 1 is 1.00 bits per heavy atom. The Labute approximate surface area is 209 Å². The first-order valence-corrected chi connectivity index (χ1v) is 11.1. The molecule has 1 heterocycles. The smallest absolute Gasteiger partial charge is 0.360 e. The number of phenolic OH excluding ortho intramolecular Hbond substituents is 1. The third-order valence-electron chi connectivity index (χ3n) is 5.67. The van der Waals surface area contributed by atoms with Crippen LogP contribution < -0.4 is 10.7 Å². The third kappa shape index (κ3) is 5.61. The van der Waals surface area contributed by atoms with Crippen LogP contribution in [0.2, 0.25) is 0 Å². The molecule has 2 aliphatic rings. The van der Waals surface area contributed by atoms with Crippen molar-refractivity contribution < 1.29 is 34.1 Å². The van der Waals surface area contributed by atoms with Gasteiger partial charge in [-0.2, -0.15) is 0 Å². The van der Waals surface area contributed by atoms with Gasteiger partial charge in [0.15, 0.2) is 5.43 Å². The molecular formula is C26H21N3O8. The fraction of sp³-hybridized carbons (Fsp3) is 0.154. The van der Waals surface area contributed by atoms with E-state index in [2.05, 4.69) is 15.5 Å². The number of aryl methyl sites for hydroxylation is 1. The summed E-state index contributed by atoms with van der Waals surface area (Å²) in [6.07, 6.45) is -0.743. The van der Waals surface area contributed by atoms with Gasteiger partial charge in [-0.3, -0.25) is 9.59 Å². The Balaban J connectivity index is 1.72. The molecule has 4 rings (SSSR count). The number of carboxylic acids is 2. The molecule has 0 fully saturated rings. The molecule has 11 heteroatoms. The highest BCUT2D eigenvalue weighted by atomic mass is 16.4. The Hall–Kier alpha value is -5.06. The standard InChI is InChI=1S/C26H21N3O8/c1-13-2-3-14(28-29-26(36)27-20(25(34)35)8-9-23(32)33)10-19(13)24-17-6-4-15(30)11-21(17)37-22-12-16(31)5-7-18(22)24/h2-7,10-12,20,30H,8-9H2,1H3,(H,27,36)(H,32,33)(H,34,35)/b29-28+/t20-/m0/s1. The summed E-state index contributed by atoms with van der Waals surface area (Å²) in [6.45, 7) is 1.87. The van der Waals surface area contributed by atoms with E-state index in [0.717, 1.165) is 11.1 Å². The van der Waals surface area contributed by atoms with Crippen LogP contribution in [0.15, 0.2) is 74.0 Å². The van der Waals surface area contributed by atoms with Gasteiger partial charge in [-0.15, -0.1) is 5.11 Å². The van der Waals surface area contributed by atoms with E-state index in [0.29, 0.717) is 27.9 Å². The number of amides is 2. The monoisotopic (exact) mass is 503 g/mol. The van der Waals surface area contributed by atoms with Gasteiger partial charge in [0, 0.05) is 35.1 Å². The summed E-state index contributed by atoms with van der Waals surface area (Å²) in [5.41, 5.74) is 3.32. The molecule has 188 valence electrons. The Kier molecular flexibility index (Phi) is 6.96. The summed E-state index contributed by atoms with van der Waals surface area (Å²) in [7, 11) is 0. The average Bonchev–Trinajstić information content (AvgIpc) is 2.84. The molecule has 2 amide bonds. The highest BCUT2D eigenvalue weighted by Crippen LogP contribution is 2.42. The van der Waals surface area contributed by atoms with Crippen LogP contribution >= 0.6 is 0 Å². The predicted octanol–water partition coefficient (Wildman–Crippen LogP) is 4.69. The summed E-state index contributed by atoms with van der Waals surface area (Å²) >= 11 is 0. The number of carbonyl (C=O) groups excluding carboxylic acids is 1. The molecule has 11 nitrogen and oxygen atoms in total. The molecule has 0 unspecified atom stereocenters. The number of hydrogen-bond donors (Lipinski definition) is 4. The van der Waals surface area contributed by atoms with E-state index in [1.54, 1.807) is 30.3 Å². The minimum atomic E-state index is -1.43. The summed E-state index contributed by atoms with van der Waals surface area (Å²) in [5, 5.41) is 38.1. The van der Waals surface area contributed by atoms with E-state index < -0.39 is 30.4 Å². The number of urea groups is 1. The second-order valence-electron chi connectivity index (χ2n) is 8.29. The van der Waals surface area contributed by atoms with Crippen molar-refractivity contribution in [3.63, 3.8) is 0 Å².